The predicted octanol–water partition coefficient (Wildman–Crippen LogP) is 4.40. The van der Waals surface area contributed by atoms with Crippen LogP contribution in [0.3, 0.4) is 0 Å². The van der Waals surface area contributed by atoms with E-state index < -0.39 is 11.6 Å². The number of aromatic nitrogens is 4. The Labute approximate surface area is 220 Å². The van der Waals surface area contributed by atoms with Crippen LogP contribution < -0.4 is 5.32 Å². The van der Waals surface area contributed by atoms with Gasteiger partial charge in [-0.15, -0.1) is 11.3 Å². The van der Waals surface area contributed by atoms with Gasteiger partial charge in [-0.05, 0) is 23.8 Å². The van der Waals surface area contributed by atoms with Gasteiger partial charge in [0.05, 0.1) is 53.7 Å². The predicted molar refractivity (Wildman–Crippen MR) is 137 cm³/mol. The molecule has 4 aromatic rings. The standard InChI is InChI=1S/C24H20Cl2N6O3S/c1-31-19(5-6-28-31)29-23-27-9-16(26)20(30-23)18-8-15-21(36-18)24(11-35-12-24)32(22(15)34)17(10-33)13-3-2-4-14(25)7-13/h2-9,17,33H,10-12H2,1H3,(H,27,29,30)/t17-/m1/s1. The molecule has 2 N–H and O–H groups in total. The van der Waals surface area contributed by atoms with E-state index >= 15 is 0 Å². The molecule has 0 saturated carbocycles. The van der Waals surface area contributed by atoms with Gasteiger partial charge in [-0.25, -0.2) is 9.97 Å². The quantitative estimate of drug-likeness (QED) is 0.371. The highest BCUT2D eigenvalue weighted by atomic mass is 35.5. The van der Waals surface area contributed by atoms with E-state index in [9.17, 15) is 9.90 Å². The molecule has 1 atom stereocenters. The number of nitrogens with zero attached hydrogens (tertiary/aromatic N) is 5. The first kappa shape index (κ1) is 23.4. The van der Waals surface area contributed by atoms with Crippen LogP contribution in [-0.4, -0.2) is 55.5 Å². The van der Waals surface area contributed by atoms with Crippen molar-refractivity contribution in [1.29, 1.82) is 0 Å². The lowest BCUT2D eigenvalue weighted by Crippen LogP contribution is -2.58. The Bertz CT molecular complexity index is 1480. The van der Waals surface area contributed by atoms with E-state index in [0.29, 0.717) is 40.5 Å². The molecule has 1 aromatic carbocycles. The van der Waals surface area contributed by atoms with Crippen molar-refractivity contribution < 1.29 is 14.6 Å². The molecular formula is C24H20Cl2N6O3S. The molecule has 184 valence electrons. The van der Waals surface area contributed by atoms with Gasteiger partial charge in [0, 0.05) is 23.0 Å². The van der Waals surface area contributed by atoms with Crippen molar-refractivity contribution in [2.24, 2.45) is 7.05 Å². The summed E-state index contributed by atoms with van der Waals surface area (Å²) >= 11 is 14.1. The maximum Gasteiger partial charge on any atom is 0.256 e. The highest BCUT2D eigenvalue weighted by Crippen LogP contribution is 2.53. The first-order valence-corrected chi connectivity index (χ1v) is 12.7. The minimum atomic E-state index is -0.666. The molecule has 36 heavy (non-hydrogen) atoms. The Morgan fingerprint density at radius 2 is 2.11 bits per heavy atom. The highest BCUT2D eigenvalue weighted by molar-refractivity contribution is 7.16. The fraction of sp³-hybridized carbons (Fsp3) is 0.250. The number of halogens is 2. The monoisotopic (exact) mass is 542 g/mol. The molecule has 1 amide bonds. The van der Waals surface area contributed by atoms with Crippen molar-refractivity contribution in [2.45, 2.75) is 11.6 Å². The summed E-state index contributed by atoms with van der Waals surface area (Å²) in [5, 5.41) is 18.5. The molecule has 2 aliphatic heterocycles. The van der Waals surface area contributed by atoms with E-state index in [4.69, 9.17) is 27.9 Å². The van der Waals surface area contributed by atoms with Gasteiger partial charge >= 0.3 is 0 Å². The second kappa shape index (κ2) is 8.82. The number of benzene rings is 1. The van der Waals surface area contributed by atoms with Crippen molar-refractivity contribution >= 4 is 52.2 Å². The maximum atomic E-state index is 13.8. The van der Waals surface area contributed by atoms with Gasteiger partial charge in [-0.1, -0.05) is 35.3 Å². The van der Waals surface area contributed by atoms with Crippen molar-refractivity contribution in [3.63, 3.8) is 0 Å². The second-order valence-electron chi connectivity index (χ2n) is 8.66. The number of hydrogen-bond acceptors (Lipinski definition) is 8. The van der Waals surface area contributed by atoms with Crippen molar-refractivity contribution in [3.8, 4) is 10.6 Å². The molecule has 1 spiro atoms. The van der Waals surface area contributed by atoms with Gasteiger partial charge in [-0.2, -0.15) is 5.10 Å². The number of carbonyl (C=O) groups excluding carboxylic acids is 1. The van der Waals surface area contributed by atoms with Gasteiger partial charge in [0.25, 0.3) is 5.91 Å². The zero-order chi connectivity index (χ0) is 25.0. The zero-order valence-corrected chi connectivity index (χ0v) is 21.3. The molecule has 3 aromatic heterocycles. The van der Waals surface area contributed by atoms with Crippen molar-refractivity contribution in [2.75, 3.05) is 25.1 Å². The summed E-state index contributed by atoms with van der Waals surface area (Å²) in [7, 11) is 1.81. The summed E-state index contributed by atoms with van der Waals surface area (Å²) in [4.78, 5) is 26.0. The number of anilines is 2. The molecule has 5 heterocycles. The minimum absolute atomic E-state index is 0.173. The molecule has 1 saturated heterocycles. The lowest BCUT2D eigenvalue weighted by molar-refractivity contribution is -0.139. The molecule has 2 aliphatic rings. The molecule has 0 bridgehead atoms. The van der Waals surface area contributed by atoms with Crippen LogP contribution in [0.1, 0.15) is 26.8 Å². The van der Waals surface area contributed by atoms with Crippen LogP contribution in [0.4, 0.5) is 11.8 Å². The number of aliphatic hydroxyl groups is 1. The number of aryl methyl sites for hydroxylation is 1. The van der Waals surface area contributed by atoms with Crippen molar-refractivity contribution in [3.05, 3.63) is 74.8 Å². The Morgan fingerprint density at radius 3 is 2.78 bits per heavy atom. The number of fused-ring (bicyclic) bond motifs is 2. The Balaban J connectivity index is 1.38. The SMILES string of the molecule is Cn1nccc1Nc1ncc(Cl)c(-c2cc3c(s2)C2(COC2)N([C@H](CO)c2cccc(Cl)c2)C3=O)n1. The fourth-order valence-corrected chi connectivity index (χ4v) is 6.47. The van der Waals surface area contributed by atoms with Crippen LogP contribution in [0.15, 0.2) is 48.8 Å². The zero-order valence-electron chi connectivity index (χ0n) is 19.0. The number of ether oxygens (including phenoxy) is 1. The number of amides is 1. The van der Waals surface area contributed by atoms with Crippen LogP contribution in [0, 0.1) is 0 Å². The molecule has 9 nitrogen and oxygen atoms in total. The van der Waals surface area contributed by atoms with E-state index in [1.54, 1.807) is 27.9 Å². The largest absolute Gasteiger partial charge is 0.394 e. The molecule has 0 unspecified atom stereocenters. The summed E-state index contributed by atoms with van der Waals surface area (Å²) in [6.45, 7) is 0.442. The Hall–Kier alpha value is -3.02. The van der Waals surface area contributed by atoms with E-state index in [0.717, 1.165) is 21.1 Å². The van der Waals surface area contributed by atoms with Crippen LogP contribution in [0.25, 0.3) is 10.6 Å². The van der Waals surface area contributed by atoms with E-state index in [-0.39, 0.29) is 12.5 Å². The summed E-state index contributed by atoms with van der Waals surface area (Å²) in [6.07, 6.45) is 3.20. The number of hydrogen-bond donors (Lipinski definition) is 2. The summed E-state index contributed by atoms with van der Waals surface area (Å²) in [6, 6.07) is 10.3. The third-order valence-corrected chi connectivity index (χ3v) is 8.35. The number of rotatable bonds is 6. The van der Waals surface area contributed by atoms with E-state index in [1.165, 1.54) is 17.5 Å². The van der Waals surface area contributed by atoms with E-state index in [2.05, 4.69) is 20.4 Å². The molecular weight excluding hydrogens is 523 g/mol. The lowest BCUT2D eigenvalue weighted by Gasteiger charge is -2.48. The number of aliphatic hydroxyl groups excluding tert-OH is 1. The molecule has 0 radical (unpaired) electrons. The normalized spacial score (nSPS) is 16.8. The topological polar surface area (TPSA) is 105 Å². The highest BCUT2D eigenvalue weighted by Gasteiger charge is 2.58. The average molecular weight is 543 g/mol. The van der Waals surface area contributed by atoms with Crippen LogP contribution >= 0.6 is 34.5 Å². The summed E-state index contributed by atoms with van der Waals surface area (Å²) in [5.41, 5.74) is 1.19. The fourth-order valence-electron chi connectivity index (χ4n) is 4.71. The van der Waals surface area contributed by atoms with Gasteiger partial charge < -0.3 is 20.1 Å². The summed E-state index contributed by atoms with van der Waals surface area (Å²) in [5.74, 6) is 0.917. The minimum Gasteiger partial charge on any atom is -0.394 e. The smallest absolute Gasteiger partial charge is 0.256 e. The Morgan fingerprint density at radius 1 is 1.28 bits per heavy atom. The van der Waals surface area contributed by atoms with E-state index in [1.807, 2.05) is 31.3 Å². The Kier molecular flexibility index (Phi) is 5.73. The third-order valence-electron chi connectivity index (χ3n) is 6.50. The lowest BCUT2D eigenvalue weighted by atomic mass is 9.92. The van der Waals surface area contributed by atoms with Gasteiger partial charge in [0.15, 0.2) is 0 Å². The first-order chi connectivity index (χ1) is 17.4. The molecule has 6 rings (SSSR count). The van der Waals surface area contributed by atoms with Crippen LogP contribution in [-0.2, 0) is 17.3 Å². The average Bonchev–Trinajstić information content (AvgIpc) is 3.51. The van der Waals surface area contributed by atoms with Crippen LogP contribution in [0.2, 0.25) is 10.0 Å². The van der Waals surface area contributed by atoms with Gasteiger partial charge in [-0.3, -0.25) is 9.48 Å². The van der Waals surface area contributed by atoms with Crippen LogP contribution in [0.5, 0.6) is 0 Å². The number of carbonyl (C=O) groups is 1. The maximum absolute atomic E-state index is 13.8. The molecule has 0 aliphatic carbocycles. The number of nitrogens with one attached hydrogen (secondary N) is 1. The van der Waals surface area contributed by atoms with Gasteiger partial charge in [0.1, 0.15) is 17.1 Å². The molecule has 12 heteroatoms. The van der Waals surface area contributed by atoms with Crippen molar-refractivity contribution in [1.82, 2.24) is 24.6 Å². The second-order valence-corrected chi connectivity index (χ2v) is 10.6. The number of thiophene rings is 1. The van der Waals surface area contributed by atoms with Gasteiger partial charge in [0.2, 0.25) is 5.95 Å². The molecule has 1 fully saturated rings. The summed E-state index contributed by atoms with van der Waals surface area (Å²) < 4.78 is 7.28. The third kappa shape index (κ3) is 3.60. The first-order valence-electron chi connectivity index (χ1n) is 11.1.